The Morgan fingerprint density at radius 1 is 1.03 bits per heavy atom. The minimum absolute atomic E-state index is 0.0705. The van der Waals surface area contributed by atoms with E-state index in [2.05, 4.69) is 25.5 Å². The van der Waals surface area contributed by atoms with Crippen LogP contribution < -0.4 is 5.69 Å². The fraction of sp³-hybridized carbons (Fsp3) is 0.414. The Balaban J connectivity index is 1.12. The molecular weight excluding hydrogens is 560 g/mol. The Morgan fingerprint density at radius 3 is 2.46 bits per heavy atom. The number of hydrogen-bond acceptors (Lipinski definition) is 4. The summed E-state index contributed by atoms with van der Waals surface area (Å²) in [6.07, 6.45) is 2.68. The van der Waals surface area contributed by atoms with Gasteiger partial charge < -0.3 is 14.9 Å². The van der Waals surface area contributed by atoms with Crippen LogP contribution in [0.5, 0.6) is 0 Å². The zero-order valence-corrected chi connectivity index (χ0v) is 23.7. The van der Waals surface area contributed by atoms with Gasteiger partial charge in [0.15, 0.2) is 0 Å². The maximum absolute atomic E-state index is 13.0. The standard InChI is InChI=1S/C29H33BrN6O3/c1-32-25-5-2-3-6-26(25)36(28(32)37)22-11-16-33(17-12-22)14-4-15-35-24-13-18-34(29(38)39)19-23(24)27(31-35)20-7-9-21(30)10-8-20/h2-3,5-10,22H,4,11-19H2,1H3,(H,38,39). The van der Waals surface area contributed by atoms with E-state index in [1.165, 1.54) is 4.90 Å². The highest BCUT2D eigenvalue weighted by Crippen LogP contribution is 2.31. The van der Waals surface area contributed by atoms with Gasteiger partial charge in [-0.05, 0) is 50.1 Å². The first kappa shape index (κ1) is 25.9. The number of halogens is 1. The van der Waals surface area contributed by atoms with Gasteiger partial charge in [0.1, 0.15) is 0 Å². The molecule has 10 heteroatoms. The van der Waals surface area contributed by atoms with Gasteiger partial charge >= 0.3 is 11.8 Å². The molecule has 0 bridgehead atoms. The maximum atomic E-state index is 13.0. The van der Waals surface area contributed by atoms with E-state index < -0.39 is 6.09 Å². The van der Waals surface area contributed by atoms with Crippen LogP contribution in [0, 0.1) is 0 Å². The first-order valence-corrected chi connectivity index (χ1v) is 14.4. The van der Waals surface area contributed by atoms with Crippen molar-refractivity contribution in [3.05, 3.63) is 74.7 Å². The third-order valence-corrected chi connectivity index (χ3v) is 8.81. The smallest absolute Gasteiger partial charge is 0.407 e. The van der Waals surface area contributed by atoms with Gasteiger partial charge in [-0.15, -0.1) is 0 Å². The second-order valence-electron chi connectivity index (χ2n) is 10.6. The molecule has 2 aliphatic rings. The summed E-state index contributed by atoms with van der Waals surface area (Å²) in [5.74, 6) is 0. The molecule has 0 unspecified atom stereocenters. The van der Waals surface area contributed by atoms with E-state index in [-0.39, 0.29) is 11.7 Å². The summed E-state index contributed by atoms with van der Waals surface area (Å²) < 4.78 is 6.85. The molecule has 204 valence electrons. The van der Waals surface area contributed by atoms with Crippen molar-refractivity contribution in [1.29, 1.82) is 0 Å². The molecule has 2 aromatic heterocycles. The first-order valence-electron chi connectivity index (χ1n) is 13.6. The number of fused-ring (bicyclic) bond motifs is 2. The third-order valence-electron chi connectivity index (χ3n) is 8.28. The minimum atomic E-state index is -0.885. The predicted molar refractivity (Wildman–Crippen MR) is 154 cm³/mol. The summed E-state index contributed by atoms with van der Waals surface area (Å²) in [6.45, 7) is 4.58. The fourth-order valence-corrected chi connectivity index (χ4v) is 6.46. The number of amides is 1. The van der Waals surface area contributed by atoms with Gasteiger partial charge in [-0.3, -0.25) is 13.8 Å². The van der Waals surface area contributed by atoms with E-state index >= 15 is 0 Å². The average molecular weight is 594 g/mol. The maximum Gasteiger partial charge on any atom is 0.407 e. The molecule has 6 rings (SSSR count). The molecule has 1 amide bonds. The lowest BCUT2D eigenvalue weighted by Crippen LogP contribution is -2.38. The molecule has 2 aliphatic heterocycles. The molecule has 9 nitrogen and oxygen atoms in total. The highest BCUT2D eigenvalue weighted by molar-refractivity contribution is 9.10. The summed E-state index contributed by atoms with van der Waals surface area (Å²) in [4.78, 5) is 28.6. The summed E-state index contributed by atoms with van der Waals surface area (Å²) in [7, 11) is 1.85. The molecule has 39 heavy (non-hydrogen) atoms. The van der Waals surface area contributed by atoms with Gasteiger partial charge in [0.25, 0.3) is 0 Å². The van der Waals surface area contributed by atoms with Crippen molar-refractivity contribution in [3.8, 4) is 11.3 Å². The van der Waals surface area contributed by atoms with Crippen LogP contribution in [0.25, 0.3) is 22.3 Å². The summed E-state index contributed by atoms with van der Waals surface area (Å²) in [5.41, 5.74) is 6.14. The third kappa shape index (κ3) is 4.91. The molecule has 1 fully saturated rings. The van der Waals surface area contributed by atoms with Gasteiger partial charge in [0.05, 0.1) is 23.3 Å². The number of benzene rings is 2. The van der Waals surface area contributed by atoms with Crippen LogP contribution in [0.1, 0.15) is 36.6 Å². The minimum Gasteiger partial charge on any atom is -0.465 e. The van der Waals surface area contributed by atoms with Gasteiger partial charge in [0.2, 0.25) is 0 Å². The van der Waals surface area contributed by atoms with Crippen molar-refractivity contribution in [1.82, 2.24) is 28.7 Å². The van der Waals surface area contributed by atoms with Gasteiger partial charge in [-0.1, -0.05) is 40.2 Å². The van der Waals surface area contributed by atoms with E-state index in [0.717, 1.165) is 83.5 Å². The zero-order valence-electron chi connectivity index (χ0n) is 22.1. The Kier molecular flexibility index (Phi) is 7.07. The number of aromatic nitrogens is 4. The number of imidazole rings is 1. The van der Waals surface area contributed by atoms with E-state index in [9.17, 15) is 14.7 Å². The Hall–Kier alpha value is -3.37. The number of piperidine rings is 1. The summed E-state index contributed by atoms with van der Waals surface area (Å²) in [5, 5.41) is 14.6. The van der Waals surface area contributed by atoms with Crippen molar-refractivity contribution in [2.24, 2.45) is 7.05 Å². The highest BCUT2D eigenvalue weighted by atomic mass is 79.9. The highest BCUT2D eigenvalue weighted by Gasteiger charge is 2.28. The van der Waals surface area contributed by atoms with E-state index in [1.54, 1.807) is 4.57 Å². The quantitative estimate of drug-likeness (QED) is 0.350. The molecule has 0 saturated carbocycles. The SMILES string of the molecule is Cn1c(=O)n(C2CCN(CCCn3nc(-c4ccc(Br)cc4)c4c3CCN(C(=O)O)C4)CC2)c2ccccc21. The lowest BCUT2D eigenvalue weighted by molar-refractivity contribution is 0.139. The number of carbonyl (C=O) groups is 1. The number of likely N-dealkylation sites (tertiary alicyclic amines) is 1. The molecular formula is C29H33BrN6O3. The molecule has 1 saturated heterocycles. The first-order chi connectivity index (χ1) is 18.9. The van der Waals surface area contributed by atoms with E-state index in [0.29, 0.717) is 19.5 Å². The molecule has 0 radical (unpaired) electrons. The largest absolute Gasteiger partial charge is 0.465 e. The molecule has 4 heterocycles. The van der Waals surface area contributed by atoms with Gasteiger partial charge in [-0.2, -0.15) is 5.10 Å². The van der Waals surface area contributed by atoms with Crippen molar-refractivity contribution in [3.63, 3.8) is 0 Å². The summed E-state index contributed by atoms with van der Waals surface area (Å²) in [6, 6.07) is 16.3. The van der Waals surface area contributed by atoms with Crippen LogP contribution in [0.3, 0.4) is 0 Å². The number of nitrogens with zero attached hydrogens (tertiary/aromatic N) is 6. The van der Waals surface area contributed by atoms with Crippen molar-refractivity contribution >= 4 is 33.1 Å². The van der Waals surface area contributed by atoms with Crippen LogP contribution >= 0.6 is 15.9 Å². The number of rotatable bonds is 6. The van der Waals surface area contributed by atoms with E-state index in [4.69, 9.17) is 5.10 Å². The zero-order chi connectivity index (χ0) is 27.1. The van der Waals surface area contributed by atoms with Crippen molar-refractivity contribution < 1.29 is 9.90 Å². The summed E-state index contributed by atoms with van der Waals surface area (Å²) >= 11 is 3.50. The Labute approximate surface area is 235 Å². The number of para-hydroxylation sites is 2. The number of aryl methyl sites for hydroxylation is 2. The normalized spacial score (nSPS) is 16.6. The Morgan fingerprint density at radius 2 is 1.74 bits per heavy atom. The average Bonchev–Trinajstić information content (AvgIpc) is 3.44. The molecule has 0 spiro atoms. The van der Waals surface area contributed by atoms with Crippen LogP contribution in [0.15, 0.2) is 57.8 Å². The predicted octanol–water partition coefficient (Wildman–Crippen LogP) is 4.73. The van der Waals surface area contributed by atoms with Crippen molar-refractivity contribution in [2.45, 2.75) is 44.8 Å². The lowest BCUT2D eigenvalue weighted by atomic mass is 10.0. The van der Waals surface area contributed by atoms with Crippen molar-refractivity contribution in [2.75, 3.05) is 26.2 Å². The molecule has 1 N–H and O–H groups in total. The van der Waals surface area contributed by atoms with E-state index in [1.807, 2.05) is 60.1 Å². The molecule has 4 aromatic rings. The van der Waals surface area contributed by atoms with Crippen LogP contribution in [0.2, 0.25) is 0 Å². The second kappa shape index (κ2) is 10.7. The number of hydrogen-bond donors (Lipinski definition) is 1. The Bertz CT molecular complexity index is 1560. The topological polar surface area (TPSA) is 88.5 Å². The lowest BCUT2D eigenvalue weighted by Gasteiger charge is -2.32. The van der Waals surface area contributed by atoms with Gasteiger partial charge in [0, 0.05) is 67.0 Å². The molecule has 2 aromatic carbocycles. The monoisotopic (exact) mass is 592 g/mol. The van der Waals surface area contributed by atoms with Crippen LogP contribution in [-0.4, -0.2) is 66.1 Å². The number of carboxylic acid groups (broad SMARTS) is 1. The molecule has 0 atom stereocenters. The van der Waals surface area contributed by atoms with Gasteiger partial charge in [-0.25, -0.2) is 9.59 Å². The molecule has 0 aliphatic carbocycles. The fourth-order valence-electron chi connectivity index (χ4n) is 6.20. The second-order valence-corrected chi connectivity index (χ2v) is 11.5. The van der Waals surface area contributed by atoms with Crippen LogP contribution in [-0.2, 0) is 26.6 Å². The van der Waals surface area contributed by atoms with Crippen LogP contribution in [0.4, 0.5) is 4.79 Å².